The van der Waals surface area contributed by atoms with Crippen molar-refractivity contribution in [3.05, 3.63) is 35.4 Å². The van der Waals surface area contributed by atoms with Crippen LogP contribution in [0.25, 0.3) is 6.08 Å². The molecule has 0 aliphatic carbocycles. The lowest BCUT2D eigenvalue weighted by molar-refractivity contribution is -0.131. The number of carbonyl (C=O) groups is 1. The van der Waals surface area contributed by atoms with Gasteiger partial charge in [0.2, 0.25) is 0 Å². The van der Waals surface area contributed by atoms with Crippen molar-refractivity contribution in [3.8, 4) is 0 Å². The van der Waals surface area contributed by atoms with Crippen LogP contribution in [0.1, 0.15) is 19.4 Å². The Kier molecular flexibility index (Phi) is 4.06. The van der Waals surface area contributed by atoms with Crippen molar-refractivity contribution in [1.82, 2.24) is 0 Å². The number of rotatable bonds is 3. The van der Waals surface area contributed by atoms with Crippen molar-refractivity contribution in [2.24, 2.45) is 11.8 Å². The Bertz CT molecular complexity index is 524. The molecule has 2 atom stereocenters. The molecule has 0 radical (unpaired) electrons. The topological polar surface area (TPSA) is 40.5 Å². The van der Waals surface area contributed by atoms with Crippen molar-refractivity contribution in [2.45, 2.75) is 13.8 Å². The molecule has 1 aromatic rings. The van der Waals surface area contributed by atoms with Gasteiger partial charge in [-0.1, -0.05) is 13.8 Å². The molecule has 2 rings (SSSR count). The number of halogens is 2. The number of nitrogens with zero attached hydrogens (tertiary/aromatic N) is 1. The molecule has 108 valence electrons. The first-order valence-electron chi connectivity index (χ1n) is 6.53. The van der Waals surface area contributed by atoms with Gasteiger partial charge in [-0.2, -0.15) is 0 Å². The first-order chi connectivity index (χ1) is 9.38. The minimum Gasteiger partial charge on any atom is -0.478 e. The van der Waals surface area contributed by atoms with Crippen molar-refractivity contribution in [1.29, 1.82) is 0 Å². The van der Waals surface area contributed by atoms with Gasteiger partial charge in [-0.05, 0) is 35.6 Å². The Hall–Kier alpha value is -1.91. The Morgan fingerprint density at radius 3 is 2.20 bits per heavy atom. The molecule has 1 N–H and O–H groups in total. The Labute approximate surface area is 116 Å². The fourth-order valence-electron chi connectivity index (χ4n) is 2.46. The number of aliphatic carboxylic acids is 1. The zero-order chi connectivity index (χ0) is 14.9. The van der Waals surface area contributed by atoms with E-state index in [2.05, 4.69) is 13.8 Å². The highest BCUT2D eigenvalue weighted by atomic mass is 19.1. The summed E-state index contributed by atoms with van der Waals surface area (Å²) in [5.41, 5.74) is 0.181. The molecule has 20 heavy (non-hydrogen) atoms. The van der Waals surface area contributed by atoms with Gasteiger partial charge in [0.15, 0.2) is 0 Å². The molecule has 1 heterocycles. The molecule has 0 spiro atoms. The lowest BCUT2D eigenvalue weighted by Gasteiger charge is -2.20. The monoisotopic (exact) mass is 281 g/mol. The van der Waals surface area contributed by atoms with Gasteiger partial charge in [0.05, 0.1) is 0 Å². The quantitative estimate of drug-likeness (QED) is 0.865. The lowest BCUT2D eigenvalue weighted by atomic mass is 10.0. The van der Waals surface area contributed by atoms with Crippen LogP contribution in [0.5, 0.6) is 0 Å². The minimum atomic E-state index is -1.16. The number of hydrogen-bond acceptors (Lipinski definition) is 2. The van der Waals surface area contributed by atoms with Crippen LogP contribution in [0.15, 0.2) is 18.2 Å². The normalized spacial score (nSPS) is 22.7. The first kappa shape index (κ1) is 14.5. The Morgan fingerprint density at radius 2 is 1.75 bits per heavy atom. The maximum Gasteiger partial charge on any atom is 0.328 e. The fourth-order valence-corrected chi connectivity index (χ4v) is 2.46. The summed E-state index contributed by atoms with van der Waals surface area (Å²) in [6, 6.07) is 2.32. The highest BCUT2D eigenvalue weighted by Gasteiger charge is 2.29. The molecule has 1 saturated heterocycles. The van der Waals surface area contributed by atoms with E-state index in [0.29, 0.717) is 24.9 Å². The zero-order valence-electron chi connectivity index (χ0n) is 11.4. The maximum atomic E-state index is 14.1. The highest BCUT2D eigenvalue weighted by Crippen LogP contribution is 2.32. The van der Waals surface area contributed by atoms with Gasteiger partial charge in [-0.15, -0.1) is 0 Å². The van der Waals surface area contributed by atoms with Crippen LogP contribution < -0.4 is 4.90 Å². The van der Waals surface area contributed by atoms with E-state index in [-0.39, 0.29) is 11.3 Å². The van der Waals surface area contributed by atoms with Crippen molar-refractivity contribution < 1.29 is 18.7 Å². The molecule has 1 aromatic carbocycles. The third kappa shape index (κ3) is 2.98. The van der Waals surface area contributed by atoms with E-state index < -0.39 is 17.6 Å². The molecule has 0 bridgehead atoms. The molecule has 0 amide bonds. The van der Waals surface area contributed by atoms with Crippen LogP contribution in [-0.4, -0.2) is 24.2 Å². The summed E-state index contributed by atoms with van der Waals surface area (Å²) in [5.74, 6) is -1.69. The predicted octanol–water partition coefficient (Wildman–Crippen LogP) is 3.15. The number of benzene rings is 1. The Morgan fingerprint density at radius 1 is 1.25 bits per heavy atom. The summed E-state index contributed by atoms with van der Waals surface area (Å²) in [7, 11) is 0. The van der Waals surface area contributed by atoms with Crippen LogP contribution in [0.2, 0.25) is 0 Å². The van der Waals surface area contributed by atoms with E-state index in [9.17, 15) is 13.6 Å². The largest absolute Gasteiger partial charge is 0.478 e. The summed E-state index contributed by atoms with van der Waals surface area (Å²) >= 11 is 0. The summed E-state index contributed by atoms with van der Waals surface area (Å²) in [6.07, 6.45) is 2.03. The summed E-state index contributed by atoms with van der Waals surface area (Å²) in [4.78, 5) is 12.1. The molecule has 1 fully saturated rings. The van der Waals surface area contributed by atoms with E-state index in [4.69, 9.17) is 5.11 Å². The van der Waals surface area contributed by atoms with Gasteiger partial charge in [-0.25, -0.2) is 13.6 Å². The van der Waals surface area contributed by atoms with E-state index in [0.717, 1.165) is 18.2 Å². The standard InChI is InChI=1S/C15H17F2NO2/c1-9-7-18(8-10(9)2)15-12(16)5-11(6-13(15)17)3-4-14(19)20/h3-6,9-10H,7-8H2,1-2H3,(H,19,20). The number of carboxylic acids is 1. The number of anilines is 1. The molecule has 0 aromatic heterocycles. The van der Waals surface area contributed by atoms with Gasteiger partial charge in [0.25, 0.3) is 0 Å². The van der Waals surface area contributed by atoms with Crippen molar-refractivity contribution in [2.75, 3.05) is 18.0 Å². The molecule has 5 heteroatoms. The van der Waals surface area contributed by atoms with Crippen LogP contribution in [0.3, 0.4) is 0 Å². The van der Waals surface area contributed by atoms with E-state index in [1.165, 1.54) is 6.08 Å². The predicted molar refractivity (Wildman–Crippen MR) is 73.6 cm³/mol. The molecule has 0 saturated carbocycles. The number of hydrogen-bond donors (Lipinski definition) is 1. The molecule has 1 aliphatic heterocycles. The van der Waals surface area contributed by atoms with Crippen LogP contribution in [0.4, 0.5) is 14.5 Å². The number of carboxylic acid groups (broad SMARTS) is 1. The molecule has 1 aliphatic rings. The first-order valence-corrected chi connectivity index (χ1v) is 6.53. The van der Waals surface area contributed by atoms with Gasteiger partial charge >= 0.3 is 5.97 Å². The molecule has 2 unspecified atom stereocenters. The molecular weight excluding hydrogens is 264 g/mol. The fraction of sp³-hybridized carbons (Fsp3) is 0.400. The second kappa shape index (κ2) is 5.61. The third-order valence-electron chi connectivity index (χ3n) is 3.76. The summed E-state index contributed by atoms with van der Waals surface area (Å²) < 4.78 is 28.2. The average molecular weight is 281 g/mol. The smallest absolute Gasteiger partial charge is 0.328 e. The third-order valence-corrected chi connectivity index (χ3v) is 3.76. The second-order valence-electron chi connectivity index (χ2n) is 5.36. The second-order valence-corrected chi connectivity index (χ2v) is 5.36. The van der Waals surface area contributed by atoms with Crippen molar-refractivity contribution in [3.63, 3.8) is 0 Å². The molecule has 3 nitrogen and oxygen atoms in total. The summed E-state index contributed by atoms with van der Waals surface area (Å²) in [6.45, 7) is 5.37. The van der Waals surface area contributed by atoms with E-state index in [1.54, 1.807) is 4.90 Å². The van der Waals surface area contributed by atoms with Gasteiger partial charge < -0.3 is 10.0 Å². The van der Waals surface area contributed by atoms with Crippen molar-refractivity contribution >= 4 is 17.7 Å². The highest BCUT2D eigenvalue weighted by molar-refractivity contribution is 5.85. The van der Waals surface area contributed by atoms with E-state index in [1.807, 2.05) is 0 Å². The lowest BCUT2D eigenvalue weighted by Crippen LogP contribution is -2.22. The minimum absolute atomic E-state index is 0.0197. The SMILES string of the molecule is CC1CN(c2c(F)cc(C=CC(=O)O)cc2F)CC1C. The maximum absolute atomic E-state index is 14.1. The van der Waals surface area contributed by atoms with Crippen LogP contribution in [-0.2, 0) is 4.79 Å². The van der Waals surface area contributed by atoms with Gasteiger partial charge in [-0.3, -0.25) is 0 Å². The summed E-state index contributed by atoms with van der Waals surface area (Å²) in [5, 5.41) is 8.52. The van der Waals surface area contributed by atoms with Crippen LogP contribution in [0, 0.1) is 23.5 Å². The zero-order valence-corrected chi connectivity index (χ0v) is 11.4. The average Bonchev–Trinajstić information content (AvgIpc) is 2.66. The van der Waals surface area contributed by atoms with Gasteiger partial charge in [0.1, 0.15) is 17.3 Å². The van der Waals surface area contributed by atoms with Crippen LogP contribution >= 0.6 is 0 Å². The Balaban J connectivity index is 2.30. The van der Waals surface area contributed by atoms with E-state index >= 15 is 0 Å². The van der Waals surface area contributed by atoms with Gasteiger partial charge in [0, 0.05) is 19.2 Å². The molecular formula is C15H17F2NO2.